The van der Waals surface area contributed by atoms with Gasteiger partial charge in [-0.05, 0) is 42.4 Å². The van der Waals surface area contributed by atoms with Gasteiger partial charge in [-0.15, -0.1) is 0 Å². The highest BCUT2D eigenvalue weighted by molar-refractivity contribution is 5.79. The third-order valence-corrected chi connectivity index (χ3v) is 6.32. The fraction of sp³-hybridized carbons (Fsp3) is 0.941. The van der Waals surface area contributed by atoms with E-state index in [9.17, 15) is 4.79 Å². The number of ether oxygens (including phenoxy) is 1. The molecule has 122 valence electrons. The Bertz CT molecular complexity index is 394. The second-order valence-corrected chi connectivity index (χ2v) is 8.03. The van der Waals surface area contributed by atoms with E-state index in [2.05, 4.69) is 26.1 Å². The predicted molar refractivity (Wildman–Crippen MR) is 84.8 cm³/mol. The quantitative estimate of drug-likeness (QED) is 0.758. The molecule has 0 radical (unpaired) electrons. The van der Waals surface area contributed by atoms with Crippen LogP contribution in [0.25, 0.3) is 0 Å². The lowest BCUT2D eigenvalue weighted by molar-refractivity contribution is -0.121. The summed E-state index contributed by atoms with van der Waals surface area (Å²) in [6.07, 6.45) is 4.76. The molecule has 0 heterocycles. The van der Waals surface area contributed by atoms with Gasteiger partial charge in [-0.3, -0.25) is 4.79 Å². The number of hydrogen-bond donors (Lipinski definition) is 2. The zero-order chi connectivity index (χ0) is 15.8. The van der Waals surface area contributed by atoms with E-state index in [0.717, 1.165) is 5.92 Å². The summed E-state index contributed by atoms with van der Waals surface area (Å²) in [7, 11) is 0. The Morgan fingerprint density at radius 3 is 2.48 bits per heavy atom. The molecule has 0 spiro atoms. The van der Waals surface area contributed by atoms with Crippen molar-refractivity contribution in [1.29, 1.82) is 0 Å². The van der Waals surface area contributed by atoms with Crippen LogP contribution in [-0.2, 0) is 9.53 Å². The molecular weight excluding hydrogens is 264 g/mol. The molecule has 0 aliphatic heterocycles. The molecular formula is C17H32N2O2. The summed E-state index contributed by atoms with van der Waals surface area (Å²) >= 11 is 0. The van der Waals surface area contributed by atoms with Gasteiger partial charge >= 0.3 is 0 Å². The van der Waals surface area contributed by atoms with E-state index in [1.807, 2.05) is 13.8 Å². The van der Waals surface area contributed by atoms with Crippen LogP contribution in [0.15, 0.2) is 0 Å². The maximum atomic E-state index is 11.5. The lowest BCUT2D eigenvalue weighted by Gasteiger charge is -2.39. The van der Waals surface area contributed by atoms with E-state index < -0.39 is 0 Å². The Kier molecular flexibility index (Phi) is 4.69. The van der Waals surface area contributed by atoms with Crippen molar-refractivity contribution in [3.05, 3.63) is 0 Å². The Hall–Kier alpha value is -0.610. The molecule has 2 fully saturated rings. The number of primary amides is 1. The van der Waals surface area contributed by atoms with Crippen molar-refractivity contribution in [2.24, 2.45) is 22.5 Å². The van der Waals surface area contributed by atoms with E-state index >= 15 is 0 Å². The summed E-state index contributed by atoms with van der Waals surface area (Å²) in [6, 6.07) is -0.0362. The molecule has 4 nitrogen and oxygen atoms in total. The topological polar surface area (TPSA) is 64.3 Å². The molecule has 2 bridgehead atoms. The molecule has 0 aromatic rings. The SMILES string of the molecule is CC(C)NC(CCOC1CC2CCC1(C)C2(C)C)C(N)=O. The van der Waals surface area contributed by atoms with Gasteiger partial charge in [0.1, 0.15) is 0 Å². The van der Waals surface area contributed by atoms with Gasteiger partial charge in [0, 0.05) is 12.6 Å². The number of amides is 1. The number of carbonyl (C=O) groups excluding carboxylic acids is 1. The van der Waals surface area contributed by atoms with Gasteiger partial charge < -0.3 is 15.8 Å². The van der Waals surface area contributed by atoms with Crippen molar-refractivity contribution >= 4 is 5.91 Å². The number of nitrogens with two attached hydrogens (primary N) is 1. The smallest absolute Gasteiger partial charge is 0.234 e. The molecule has 2 aliphatic carbocycles. The van der Waals surface area contributed by atoms with Crippen LogP contribution in [0.3, 0.4) is 0 Å². The fourth-order valence-corrected chi connectivity index (χ4v) is 4.42. The van der Waals surface area contributed by atoms with Gasteiger partial charge in [0.2, 0.25) is 5.91 Å². The van der Waals surface area contributed by atoms with Crippen LogP contribution in [0.2, 0.25) is 0 Å². The van der Waals surface area contributed by atoms with Crippen molar-refractivity contribution in [2.45, 2.75) is 78.5 Å². The van der Waals surface area contributed by atoms with Gasteiger partial charge in [0.25, 0.3) is 0 Å². The van der Waals surface area contributed by atoms with E-state index in [4.69, 9.17) is 10.5 Å². The van der Waals surface area contributed by atoms with Crippen LogP contribution in [0.4, 0.5) is 0 Å². The number of carbonyl (C=O) groups is 1. The van der Waals surface area contributed by atoms with Gasteiger partial charge in [-0.1, -0.05) is 34.6 Å². The summed E-state index contributed by atoms with van der Waals surface area (Å²) < 4.78 is 6.19. The largest absolute Gasteiger partial charge is 0.378 e. The number of nitrogens with one attached hydrogen (secondary N) is 1. The second kappa shape index (κ2) is 5.88. The monoisotopic (exact) mass is 296 g/mol. The van der Waals surface area contributed by atoms with E-state index in [-0.39, 0.29) is 23.4 Å². The molecule has 2 saturated carbocycles. The van der Waals surface area contributed by atoms with E-state index in [1.54, 1.807) is 0 Å². The van der Waals surface area contributed by atoms with Crippen LogP contribution in [0.1, 0.15) is 60.3 Å². The Morgan fingerprint density at radius 1 is 1.38 bits per heavy atom. The van der Waals surface area contributed by atoms with E-state index in [0.29, 0.717) is 24.5 Å². The van der Waals surface area contributed by atoms with Crippen molar-refractivity contribution in [2.75, 3.05) is 6.61 Å². The highest BCUT2D eigenvalue weighted by Gasteiger charge is 2.61. The Morgan fingerprint density at radius 2 is 2.05 bits per heavy atom. The average molecular weight is 296 g/mol. The zero-order valence-corrected chi connectivity index (χ0v) is 14.2. The average Bonchev–Trinajstić information content (AvgIpc) is 2.70. The maximum absolute atomic E-state index is 11.5. The van der Waals surface area contributed by atoms with Crippen LogP contribution in [-0.4, -0.2) is 30.7 Å². The molecule has 0 saturated heterocycles. The van der Waals surface area contributed by atoms with Crippen LogP contribution in [0.5, 0.6) is 0 Å². The first kappa shape index (κ1) is 16.8. The molecule has 3 N–H and O–H groups in total. The Labute approximate surface area is 129 Å². The van der Waals surface area contributed by atoms with Gasteiger partial charge in [0.05, 0.1) is 12.1 Å². The van der Waals surface area contributed by atoms with Crippen LogP contribution >= 0.6 is 0 Å². The third-order valence-electron chi connectivity index (χ3n) is 6.32. The molecule has 4 heteroatoms. The highest BCUT2D eigenvalue weighted by atomic mass is 16.5. The van der Waals surface area contributed by atoms with Crippen molar-refractivity contribution in [3.63, 3.8) is 0 Å². The van der Waals surface area contributed by atoms with Crippen molar-refractivity contribution in [3.8, 4) is 0 Å². The fourth-order valence-electron chi connectivity index (χ4n) is 4.42. The zero-order valence-electron chi connectivity index (χ0n) is 14.2. The second-order valence-electron chi connectivity index (χ2n) is 8.03. The van der Waals surface area contributed by atoms with Crippen molar-refractivity contribution < 1.29 is 9.53 Å². The lowest BCUT2D eigenvalue weighted by Crippen LogP contribution is -2.45. The first-order valence-corrected chi connectivity index (χ1v) is 8.35. The minimum absolute atomic E-state index is 0.251. The van der Waals surface area contributed by atoms with Crippen molar-refractivity contribution in [1.82, 2.24) is 5.32 Å². The molecule has 2 aliphatic rings. The van der Waals surface area contributed by atoms with Crippen LogP contribution < -0.4 is 11.1 Å². The molecule has 1 amide bonds. The molecule has 0 aromatic heterocycles. The highest BCUT2D eigenvalue weighted by Crippen LogP contribution is 2.66. The number of hydrogen-bond acceptors (Lipinski definition) is 3. The summed E-state index contributed by atoms with van der Waals surface area (Å²) in [5.41, 5.74) is 6.11. The number of rotatable bonds is 7. The summed E-state index contributed by atoms with van der Waals surface area (Å²) in [6.45, 7) is 11.8. The molecule has 4 unspecified atom stereocenters. The molecule has 21 heavy (non-hydrogen) atoms. The maximum Gasteiger partial charge on any atom is 0.234 e. The Balaban J connectivity index is 1.86. The minimum Gasteiger partial charge on any atom is -0.378 e. The number of fused-ring (bicyclic) bond motifs is 2. The standard InChI is InChI=1S/C17H32N2O2/c1-11(2)19-13(15(18)20)7-9-21-14-10-12-6-8-17(14,5)16(12,3)4/h11-14,19H,6-10H2,1-5H3,(H2,18,20). The van der Waals surface area contributed by atoms with Gasteiger partial charge in [-0.25, -0.2) is 0 Å². The van der Waals surface area contributed by atoms with Gasteiger partial charge in [0.15, 0.2) is 0 Å². The van der Waals surface area contributed by atoms with E-state index in [1.165, 1.54) is 19.3 Å². The first-order chi connectivity index (χ1) is 9.68. The molecule has 0 aromatic carbocycles. The molecule has 4 atom stereocenters. The third kappa shape index (κ3) is 2.98. The normalized spacial score (nSPS) is 35.3. The predicted octanol–water partition coefficient (Wildman–Crippen LogP) is 2.46. The van der Waals surface area contributed by atoms with Crippen LogP contribution in [0, 0.1) is 16.7 Å². The van der Waals surface area contributed by atoms with Gasteiger partial charge in [-0.2, -0.15) is 0 Å². The summed E-state index contributed by atoms with van der Waals surface area (Å²) in [5, 5.41) is 3.21. The minimum atomic E-state index is -0.288. The summed E-state index contributed by atoms with van der Waals surface area (Å²) in [5.74, 6) is 0.500. The first-order valence-electron chi connectivity index (χ1n) is 8.35. The lowest BCUT2D eigenvalue weighted by atomic mass is 9.70. The molecule has 2 rings (SSSR count). The summed E-state index contributed by atoms with van der Waals surface area (Å²) in [4.78, 5) is 11.5.